The molecule has 1 N–H and O–H groups in total. The summed E-state index contributed by atoms with van der Waals surface area (Å²) in [6.07, 6.45) is 3.70. The molecular formula is C15H22O2. The van der Waals surface area contributed by atoms with Gasteiger partial charge in [-0.3, -0.25) is 0 Å². The largest absolute Gasteiger partial charge is 0.496 e. The monoisotopic (exact) mass is 234 g/mol. The van der Waals surface area contributed by atoms with Gasteiger partial charge in [-0.15, -0.1) is 0 Å². The van der Waals surface area contributed by atoms with Crippen LogP contribution in [0.4, 0.5) is 0 Å². The van der Waals surface area contributed by atoms with E-state index < -0.39 is 0 Å². The number of rotatable bonds is 3. The molecular weight excluding hydrogens is 212 g/mol. The lowest BCUT2D eigenvalue weighted by molar-refractivity contribution is 0.269. The Bertz CT molecular complexity index is 398. The summed E-state index contributed by atoms with van der Waals surface area (Å²) in [5, 5.41) is 9.32. The van der Waals surface area contributed by atoms with Crippen molar-refractivity contribution in [2.75, 3.05) is 13.7 Å². The van der Waals surface area contributed by atoms with Crippen LogP contribution in [0.25, 0.3) is 0 Å². The van der Waals surface area contributed by atoms with Crippen LogP contribution >= 0.6 is 0 Å². The van der Waals surface area contributed by atoms with Crippen LogP contribution in [0.1, 0.15) is 55.2 Å². The topological polar surface area (TPSA) is 29.5 Å². The summed E-state index contributed by atoms with van der Waals surface area (Å²) in [5.74, 6) is 1.71. The Morgan fingerprint density at radius 3 is 2.88 bits per heavy atom. The van der Waals surface area contributed by atoms with E-state index in [1.54, 1.807) is 7.11 Å². The third-order valence-electron chi connectivity index (χ3n) is 3.91. The van der Waals surface area contributed by atoms with Gasteiger partial charge in [-0.2, -0.15) is 0 Å². The molecule has 0 spiro atoms. The van der Waals surface area contributed by atoms with Crippen LogP contribution < -0.4 is 4.74 Å². The highest BCUT2D eigenvalue weighted by atomic mass is 16.5. The fourth-order valence-electron chi connectivity index (χ4n) is 2.75. The lowest BCUT2D eigenvalue weighted by Gasteiger charge is -2.25. The van der Waals surface area contributed by atoms with Gasteiger partial charge >= 0.3 is 0 Å². The number of aryl methyl sites for hydroxylation is 1. The van der Waals surface area contributed by atoms with Crippen LogP contribution in [0.2, 0.25) is 0 Å². The molecule has 0 aromatic heterocycles. The molecule has 0 aliphatic heterocycles. The first kappa shape index (κ1) is 12.4. The van der Waals surface area contributed by atoms with Gasteiger partial charge in [-0.25, -0.2) is 0 Å². The van der Waals surface area contributed by atoms with E-state index in [-0.39, 0.29) is 12.5 Å². The molecule has 1 aromatic carbocycles. The molecule has 0 fully saturated rings. The van der Waals surface area contributed by atoms with Crippen molar-refractivity contribution in [3.8, 4) is 5.75 Å². The molecule has 1 aromatic rings. The number of aliphatic hydroxyl groups excluding tert-OH is 1. The number of hydrogen-bond acceptors (Lipinski definition) is 2. The van der Waals surface area contributed by atoms with Crippen molar-refractivity contribution in [2.45, 2.75) is 44.9 Å². The Morgan fingerprint density at radius 1 is 1.47 bits per heavy atom. The van der Waals surface area contributed by atoms with Gasteiger partial charge in [-0.1, -0.05) is 19.9 Å². The van der Waals surface area contributed by atoms with Gasteiger partial charge in [0.1, 0.15) is 5.75 Å². The first-order chi connectivity index (χ1) is 8.17. The smallest absolute Gasteiger partial charge is 0.122 e. The average Bonchev–Trinajstić information content (AvgIpc) is 2.37. The summed E-state index contributed by atoms with van der Waals surface area (Å²) in [5.41, 5.74) is 4.02. The van der Waals surface area contributed by atoms with Gasteiger partial charge < -0.3 is 9.84 Å². The molecule has 0 saturated carbocycles. The van der Waals surface area contributed by atoms with E-state index in [1.165, 1.54) is 24.0 Å². The molecule has 2 nitrogen and oxygen atoms in total. The number of ether oxygens (including phenoxy) is 1. The molecule has 0 amide bonds. The van der Waals surface area contributed by atoms with Crippen molar-refractivity contribution in [3.05, 3.63) is 28.8 Å². The molecule has 94 valence electrons. The number of methoxy groups -OCH3 is 1. The van der Waals surface area contributed by atoms with Gasteiger partial charge in [0.25, 0.3) is 0 Å². The van der Waals surface area contributed by atoms with Crippen LogP contribution in [-0.2, 0) is 6.42 Å². The van der Waals surface area contributed by atoms with E-state index in [0.29, 0.717) is 5.92 Å². The highest BCUT2D eigenvalue weighted by Crippen LogP contribution is 2.37. The minimum atomic E-state index is 0.143. The normalized spacial score (nSPS) is 20.8. The molecule has 2 heteroatoms. The molecule has 17 heavy (non-hydrogen) atoms. The van der Waals surface area contributed by atoms with E-state index in [2.05, 4.69) is 19.1 Å². The average molecular weight is 234 g/mol. The van der Waals surface area contributed by atoms with E-state index in [9.17, 15) is 5.11 Å². The Balaban J connectivity index is 2.48. The predicted octanol–water partition coefficient (Wildman–Crippen LogP) is 3.23. The fourth-order valence-corrected chi connectivity index (χ4v) is 2.75. The highest BCUT2D eigenvalue weighted by Gasteiger charge is 2.21. The van der Waals surface area contributed by atoms with Gasteiger partial charge in [0, 0.05) is 12.5 Å². The summed E-state index contributed by atoms with van der Waals surface area (Å²) in [6.45, 7) is 4.50. The van der Waals surface area contributed by atoms with Crippen LogP contribution in [-0.4, -0.2) is 18.8 Å². The van der Waals surface area contributed by atoms with Crippen molar-refractivity contribution in [1.82, 2.24) is 0 Å². The standard InChI is InChI=1S/C15H22O2/c1-10-5-4-6-12-7-15(17-3)14(8-13(10)12)11(2)9-16/h7-8,10-11,16H,4-6,9H2,1-3H3/t10-,11?/m0/s1. The molecule has 0 heterocycles. The Kier molecular flexibility index (Phi) is 3.72. The van der Waals surface area contributed by atoms with Crippen molar-refractivity contribution < 1.29 is 9.84 Å². The lowest BCUT2D eigenvalue weighted by atomic mass is 9.81. The minimum absolute atomic E-state index is 0.143. The summed E-state index contributed by atoms with van der Waals surface area (Å²) in [6, 6.07) is 4.42. The highest BCUT2D eigenvalue weighted by molar-refractivity contribution is 5.46. The SMILES string of the molecule is COc1cc2c(cc1C(C)CO)[C@@H](C)CCC2. The van der Waals surface area contributed by atoms with Gasteiger partial charge in [0.15, 0.2) is 0 Å². The summed E-state index contributed by atoms with van der Waals surface area (Å²) in [4.78, 5) is 0. The van der Waals surface area contributed by atoms with Crippen molar-refractivity contribution >= 4 is 0 Å². The van der Waals surface area contributed by atoms with Crippen LogP contribution in [0.3, 0.4) is 0 Å². The number of benzene rings is 1. The molecule has 1 aliphatic carbocycles. The zero-order chi connectivity index (χ0) is 12.4. The number of fused-ring (bicyclic) bond motifs is 1. The number of hydrogen-bond donors (Lipinski definition) is 1. The predicted molar refractivity (Wildman–Crippen MR) is 69.8 cm³/mol. The number of aliphatic hydroxyl groups is 1. The maximum absolute atomic E-state index is 9.32. The van der Waals surface area contributed by atoms with Crippen LogP contribution in [0.5, 0.6) is 5.75 Å². The first-order valence-electron chi connectivity index (χ1n) is 6.49. The third-order valence-corrected chi connectivity index (χ3v) is 3.91. The van der Waals surface area contributed by atoms with Gasteiger partial charge in [-0.05, 0) is 47.9 Å². The maximum Gasteiger partial charge on any atom is 0.122 e. The minimum Gasteiger partial charge on any atom is -0.496 e. The van der Waals surface area contributed by atoms with Crippen LogP contribution in [0.15, 0.2) is 12.1 Å². The first-order valence-corrected chi connectivity index (χ1v) is 6.49. The fraction of sp³-hybridized carbons (Fsp3) is 0.600. The zero-order valence-electron chi connectivity index (χ0n) is 11.0. The lowest BCUT2D eigenvalue weighted by Crippen LogP contribution is -2.10. The summed E-state index contributed by atoms with van der Waals surface area (Å²) < 4.78 is 5.46. The van der Waals surface area contributed by atoms with Crippen molar-refractivity contribution in [2.24, 2.45) is 0 Å². The Labute approximate surface area is 104 Å². The second kappa shape index (κ2) is 5.09. The van der Waals surface area contributed by atoms with E-state index in [1.807, 2.05) is 6.92 Å². The van der Waals surface area contributed by atoms with Crippen molar-refractivity contribution in [3.63, 3.8) is 0 Å². The molecule has 0 radical (unpaired) electrons. The third kappa shape index (κ3) is 2.32. The molecule has 0 bridgehead atoms. The second-order valence-corrected chi connectivity index (χ2v) is 5.17. The van der Waals surface area contributed by atoms with Gasteiger partial charge in [0.2, 0.25) is 0 Å². The Morgan fingerprint density at radius 2 is 2.24 bits per heavy atom. The summed E-state index contributed by atoms with van der Waals surface area (Å²) >= 11 is 0. The molecule has 2 atom stereocenters. The van der Waals surface area contributed by atoms with E-state index in [4.69, 9.17) is 4.74 Å². The van der Waals surface area contributed by atoms with E-state index >= 15 is 0 Å². The maximum atomic E-state index is 9.32. The second-order valence-electron chi connectivity index (χ2n) is 5.17. The molecule has 1 unspecified atom stereocenters. The van der Waals surface area contributed by atoms with E-state index in [0.717, 1.165) is 17.7 Å². The molecule has 2 rings (SSSR count). The molecule has 1 aliphatic rings. The Hall–Kier alpha value is -1.02. The quantitative estimate of drug-likeness (QED) is 0.870. The van der Waals surface area contributed by atoms with Gasteiger partial charge in [0.05, 0.1) is 7.11 Å². The summed E-state index contributed by atoms with van der Waals surface area (Å²) in [7, 11) is 1.71. The molecule has 0 saturated heterocycles. The zero-order valence-corrected chi connectivity index (χ0v) is 11.0. The van der Waals surface area contributed by atoms with Crippen molar-refractivity contribution in [1.29, 1.82) is 0 Å². The van der Waals surface area contributed by atoms with Crippen LogP contribution in [0, 0.1) is 0 Å².